The largest absolute Gasteiger partial charge is 0.356 e. The Morgan fingerprint density at radius 1 is 1.22 bits per heavy atom. The van der Waals surface area contributed by atoms with Crippen molar-refractivity contribution in [1.82, 2.24) is 5.16 Å². The van der Waals surface area contributed by atoms with Gasteiger partial charge in [-0.05, 0) is 49.2 Å². The van der Waals surface area contributed by atoms with Gasteiger partial charge in [0.15, 0.2) is 5.58 Å². The molecule has 3 rings (SSSR count). The van der Waals surface area contributed by atoms with Crippen molar-refractivity contribution in [3.8, 4) is 0 Å². The number of carbonyl (C=O) groups excluding carboxylic acids is 1. The van der Waals surface area contributed by atoms with E-state index in [2.05, 4.69) is 10.5 Å². The lowest BCUT2D eigenvalue weighted by atomic mass is 10.0. The number of halogens is 2. The molecule has 0 aliphatic carbocycles. The lowest BCUT2D eigenvalue weighted by molar-refractivity contribution is -0.115. The molecule has 23 heavy (non-hydrogen) atoms. The Balaban J connectivity index is 1.85. The van der Waals surface area contributed by atoms with Crippen molar-refractivity contribution in [2.24, 2.45) is 0 Å². The van der Waals surface area contributed by atoms with E-state index in [0.29, 0.717) is 27.0 Å². The highest BCUT2D eigenvalue weighted by Gasteiger charge is 2.15. The normalized spacial score (nSPS) is 11.0. The Morgan fingerprint density at radius 3 is 2.78 bits per heavy atom. The van der Waals surface area contributed by atoms with Crippen LogP contribution in [0.5, 0.6) is 0 Å². The summed E-state index contributed by atoms with van der Waals surface area (Å²) in [6.07, 6.45) is 0.0970. The van der Waals surface area contributed by atoms with E-state index in [-0.39, 0.29) is 12.3 Å². The van der Waals surface area contributed by atoms with Gasteiger partial charge in [0.1, 0.15) is 5.69 Å². The number of aromatic nitrogens is 1. The minimum Gasteiger partial charge on any atom is -0.356 e. The molecule has 1 N–H and O–H groups in total. The maximum absolute atomic E-state index is 12.3. The van der Waals surface area contributed by atoms with Crippen molar-refractivity contribution in [3.05, 3.63) is 57.2 Å². The summed E-state index contributed by atoms with van der Waals surface area (Å²) >= 11 is 12.0. The molecule has 0 saturated carbocycles. The zero-order valence-electron chi connectivity index (χ0n) is 12.6. The Bertz CT molecular complexity index is 903. The third-order valence-electron chi connectivity index (χ3n) is 3.52. The van der Waals surface area contributed by atoms with Crippen LogP contribution >= 0.6 is 23.2 Å². The quantitative estimate of drug-likeness (QED) is 0.729. The number of nitrogens with zero attached hydrogens (tertiary/aromatic N) is 1. The van der Waals surface area contributed by atoms with Crippen molar-refractivity contribution >= 4 is 45.8 Å². The molecule has 0 bridgehead atoms. The van der Waals surface area contributed by atoms with Gasteiger partial charge in [0.2, 0.25) is 5.91 Å². The highest BCUT2D eigenvalue weighted by molar-refractivity contribution is 6.35. The molecule has 1 heterocycles. The molecule has 3 aromatic rings. The van der Waals surface area contributed by atoms with Gasteiger partial charge in [0.25, 0.3) is 0 Å². The molecule has 0 radical (unpaired) electrons. The number of hydrogen-bond donors (Lipinski definition) is 1. The van der Waals surface area contributed by atoms with Gasteiger partial charge in [-0.1, -0.05) is 34.4 Å². The summed E-state index contributed by atoms with van der Waals surface area (Å²) in [6, 6.07) is 8.85. The minimum absolute atomic E-state index is 0.0970. The van der Waals surface area contributed by atoms with Crippen LogP contribution in [0.1, 0.15) is 16.8 Å². The van der Waals surface area contributed by atoms with Gasteiger partial charge in [0.05, 0.1) is 17.1 Å². The van der Waals surface area contributed by atoms with Crippen LogP contribution in [0.3, 0.4) is 0 Å². The lowest BCUT2D eigenvalue weighted by Gasteiger charge is -2.07. The van der Waals surface area contributed by atoms with Crippen LogP contribution in [0.4, 0.5) is 5.69 Å². The van der Waals surface area contributed by atoms with Gasteiger partial charge in [0, 0.05) is 10.4 Å². The Hall–Kier alpha value is -2.04. The Labute approximate surface area is 143 Å². The SMILES string of the molecule is Cc1cc(C)c2c(CC(=O)Nc3cc(Cl)ccc3Cl)noc2c1. The van der Waals surface area contributed by atoms with Gasteiger partial charge in [-0.25, -0.2) is 0 Å². The number of amides is 1. The van der Waals surface area contributed by atoms with Crippen molar-refractivity contribution in [1.29, 1.82) is 0 Å². The molecular formula is C17H14Cl2N2O2. The molecule has 2 aromatic carbocycles. The number of rotatable bonds is 3. The molecule has 1 amide bonds. The number of fused-ring (bicyclic) bond motifs is 1. The molecule has 1 aromatic heterocycles. The average Bonchev–Trinajstić information content (AvgIpc) is 2.85. The third kappa shape index (κ3) is 3.33. The average molecular weight is 349 g/mol. The van der Waals surface area contributed by atoms with E-state index in [0.717, 1.165) is 16.5 Å². The number of carbonyl (C=O) groups is 1. The molecule has 0 unspecified atom stereocenters. The van der Waals surface area contributed by atoms with Crippen LogP contribution in [0.2, 0.25) is 10.0 Å². The van der Waals surface area contributed by atoms with E-state index in [4.69, 9.17) is 27.7 Å². The van der Waals surface area contributed by atoms with Crippen LogP contribution in [0, 0.1) is 13.8 Å². The molecule has 6 heteroatoms. The van der Waals surface area contributed by atoms with Crippen molar-refractivity contribution < 1.29 is 9.32 Å². The highest BCUT2D eigenvalue weighted by Crippen LogP contribution is 2.27. The Morgan fingerprint density at radius 2 is 2.00 bits per heavy atom. The summed E-state index contributed by atoms with van der Waals surface area (Å²) in [5.41, 5.74) is 3.89. The van der Waals surface area contributed by atoms with Crippen molar-refractivity contribution in [2.45, 2.75) is 20.3 Å². The van der Waals surface area contributed by atoms with E-state index in [1.165, 1.54) is 0 Å². The van der Waals surface area contributed by atoms with Gasteiger partial charge in [-0.15, -0.1) is 0 Å². The number of hydrogen-bond acceptors (Lipinski definition) is 3. The molecule has 4 nitrogen and oxygen atoms in total. The van der Waals surface area contributed by atoms with Crippen LogP contribution < -0.4 is 5.32 Å². The first-order valence-electron chi connectivity index (χ1n) is 7.04. The summed E-state index contributed by atoms with van der Waals surface area (Å²) in [6.45, 7) is 3.96. The zero-order chi connectivity index (χ0) is 16.6. The van der Waals surface area contributed by atoms with Gasteiger partial charge in [-0.2, -0.15) is 0 Å². The van der Waals surface area contributed by atoms with Gasteiger partial charge < -0.3 is 9.84 Å². The van der Waals surface area contributed by atoms with Crippen molar-refractivity contribution in [2.75, 3.05) is 5.32 Å². The summed E-state index contributed by atoms with van der Waals surface area (Å²) in [5.74, 6) is -0.232. The highest BCUT2D eigenvalue weighted by atomic mass is 35.5. The fraction of sp³-hybridized carbons (Fsp3) is 0.176. The maximum Gasteiger partial charge on any atom is 0.230 e. The second kappa shape index (κ2) is 6.22. The third-order valence-corrected chi connectivity index (χ3v) is 4.08. The number of benzene rings is 2. The summed E-state index contributed by atoms with van der Waals surface area (Å²) in [7, 11) is 0. The number of nitrogens with one attached hydrogen (secondary N) is 1. The summed E-state index contributed by atoms with van der Waals surface area (Å²) in [4.78, 5) is 12.3. The van der Waals surface area contributed by atoms with Gasteiger partial charge >= 0.3 is 0 Å². The van der Waals surface area contributed by atoms with E-state index in [9.17, 15) is 4.79 Å². The minimum atomic E-state index is -0.232. The fourth-order valence-corrected chi connectivity index (χ4v) is 2.92. The van der Waals surface area contributed by atoms with Gasteiger partial charge in [-0.3, -0.25) is 4.79 Å². The number of anilines is 1. The number of aryl methyl sites for hydroxylation is 2. The van der Waals surface area contributed by atoms with E-state index >= 15 is 0 Å². The lowest BCUT2D eigenvalue weighted by Crippen LogP contribution is -2.15. The maximum atomic E-state index is 12.3. The first kappa shape index (κ1) is 15.8. The molecule has 118 valence electrons. The predicted molar refractivity (Wildman–Crippen MR) is 92.3 cm³/mol. The van der Waals surface area contributed by atoms with E-state index < -0.39 is 0 Å². The molecular weight excluding hydrogens is 335 g/mol. The molecule has 0 aliphatic heterocycles. The Kier molecular flexibility index (Phi) is 4.28. The second-order valence-corrected chi connectivity index (χ2v) is 6.28. The van der Waals surface area contributed by atoms with Crippen molar-refractivity contribution in [3.63, 3.8) is 0 Å². The molecule has 0 aliphatic rings. The first-order valence-corrected chi connectivity index (χ1v) is 7.80. The van der Waals surface area contributed by atoms with E-state index in [1.807, 2.05) is 26.0 Å². The summed E-state index contributed by atoms with van der Waals surface area (Å²) < 4.78 is 5.33. The molecule has 0 atom stereocenters. The summed E-state index contributed by atoms with van der Waals surface area (Å²) in [5, 5.41) is 8.58. The standard InChI is InChI=1S/C17H14Cl2N2O2/c1-9-5-10(2)17-14(21-23-15(17)6-9)8-16(22)20-13-7-11(18)3-4-12(13)19/h3-7H,8H2,1-2H3,(H,20,22). The topological polar surface area (TPSA) is 55.1 Å². The second-order valence-electron chi connectivity index (χ2n) is 5.43. The van der Waals surface area contributed by atoms with Crippen LogP contribution in [0.15, 0.2) is 34.9 Å². The molecule has 0 spiro atoms. The van der Waals surface area contributed by atoms with Crippen LogP contribution in [0.25, 0.3) is 11.0 Å². The predicted octanol–water partition coefficient (Wildman–Crippen LogP) is 4.93. The van der Waals surface area contributed by atoms with E-state index in [1.54, 1.807) is 18.2 Å². The molecule has 0 fully saturated rings. The monoisotopic (exact) mass is 348 g/mol. The fourth-order valence-electron chi connectivity index (χ4n) is 2.58. The van der Waals surface area contributed by atoms with Crippen LogP contribution in [-0.4, -0.2) is 11.1 Å². The smallest absolute Gasteiger partial charge is 0.230 e. The zero-order valence-corrected chi connectivity index (χ0v) is 14.1. The first-order chi connectivity index (χ1) is 10.9. The molecule has 0 saturated heterocycles. The van der Waals surface area contributed by atoms with Crippen LogP contribution in [-0.2, 0) is 11.2 Å².